The van der Waals surface area contributed by atoms with Gasteiger partial charge in [-0.05, 0) is 41.6 Å². The van der Waals surface area contributed by atoms with Gasteiger partial charge in [0.15, 0.2) is 0 Å². The maximum Gasteiger partial charge on any atom is 0.238 e. The van der Waals surface area contributed by atoms with Gasteiger partial charge >= 0.3 is 0 Å². The highest BCUT2D eigenvalue weighted by molar-refractivity contribution is 7.10. The largest absolute Gasteiger partial charge is 0.399 e. The number of nitrogen functional groups attached to an aromatic ring is 1. The Balaban J connectivity index is 1.57. The van der Waals surface area contributed by atoms with Crippen LogP contribution in [0.15, 0.2) is 35.7 Å². The number of hydrogen-bond donors (Lipinski definition) is 2. The SMILES string of the molecule is Nc1cccc(NC(=O)CN2CCc3sccc3C2)c1. The van der Waals surface area contributed by atoms with Crippen LogP contribution in [0.2, 0.25) is 0 Å². The van der Waals surface area contributed by atoms with Crippen molar-refractivity contribution >= 4 is 28.6 Å². The van der Waals surface area contributed by atoms with Crippen molar-refractivity contribution in [1.82, 2.24) is 4.90 Å². The quantitative estimate of drug-likeness (QED) is 0.852. The van der Waals surface area contributed by atoms with Gasteiger partial charge < -0.3 is 11.1 Å². The molecule has 2 heterocycles. The van der Waals surface area contributed by atoms with Crippen molar-refractivity contribution in [3.05, 3.63) is 46.2 Å². The minimum Gasteiger partial charge on any atom is -0.399 e. The molecule has 3 rings (SSSR count). The fraction of sp³-hybridized carbons (Fsp3) is 0.267. The highest BCUT2D eigenvalue weighted by atomic mass is 32.1. The van der Waals surface area contributed by atoms with Crippen LogP contribution in [-0.4, -0.2) is 23.9 Å². The molecule has 0 saturated heterocycles. The molecule has 3 N–H and O–H groups in total. The fourth-order valence-electron chi connectivity index (χ4n) is 2.46. The number of nitrogens with zero attached hydrogens (tertiary/aromatic N) is 1. The van der Waals surface area contributed by atoms with Gasteiger partial charge in [0, 0.05) is 29.3 Å². The van der Waals surface area contributed by atoms with Crippen LogP contribution in [0, 0.1) is 0 Å². The van der Waals surface area contributed by atoms with Crippen molar-refractivity contribution in [2.75, 3.05) is 24.1 Å². The zero-order chi connectivity index (χ0) is 13.9. The number of amides is 1. The second kappa shape index (κ2) is 5.64. The zero-order valence-electron chi connectivity index (χ0n) is 11.1. The van der Waals surface area contributed by atoms with E-state index in [1.54, 1.807) is 12.1 Å². The standard InChI is InChI=1S/C15H17N3OS/c16-12-2-1-3-13(8-12)17-15(19)10-18-6-4-14-11(9-18)5-7-20-14/h1-3,5,7-8H,4,6,9-10,16H2,(H,17,19). The first kappa shape index (κ1) is 13.1. The third kappa shape index (κ3) is 3.00. The molecule has 0 unspecified atom stereocenters. The molecule has 0 saturated carbocycles. The Labute approximate surface area is 122 Å². The van der Waals surface area contributed by atoms with Gasteiger partial charge in [0.2, 0.25) is 5.91 Å². The number of carbonyl (C=O) groups is 1. The van der Waals surface area contributed by atoms with Gasteiger partial charge in [-0.25, -0.2) is 0 Å². The van der Waals surface area contributed by atoms with E-state index < -0.39 is 0 Å². The van der Waals surface area contributed by atoms with Gasteiger partial charge in [0.05, 0.1) is 6.54 Å². The van der Waals surface area contributed by atoms with Crippen LogP contribution in [0.3, 0.4) is 0 Å². The van der Waals surface area contributed by atoms with Crippen molar-refractivity contribution < 1.29 is 4.79 Å². The van der Waals surface area contributed by atoms with E-state index in [9.17, 15) is 4.79 Å². The third-order valence-electron chi connectivity index (χ3n) is 3.42. The van der Waals surface area contributed by atoms with E-state index in [2.05, 4.69) is 21.7 Å². The van der Waals surface area contributed by atoms with Crippen molar-refractivity contribution in [1.29, 1.82) is 0 Å². The first-order chi connectivity index (χ1) is 9.70. The monoisotopic (exact) mass is 287 g/mol. The second-order valence-corrected chi connectivity index (χ2v) is 6.00. The summed E-state index contributed by atoms with van der Waals surface area (Å²) in [4.78, 5) is 15.7. The Morgan fingerprint density at radius 2 is 2.30 bits per heavy atom. The lowest BCUT2D eigenvalue weighted by Gasteiger charge is -2.26. The fourth-order valence-corrected chi connectivity index (χ4v) is 3.35. The molecular weight excluding hydrogens is 270 g/mol. The molecule has 20 heavy (non-hydrogen) atoms. The molecule has 1 aromatic heterocycles. The lowest BCUT2D eigenvalue weighted by Crippen LogP contribution is -2.36. The van der Waals surface area contributed by atoms with Crippen molar-refractivity contribution in [2.24, 2.45) is 0 Å². The minimum absolute atomic E-state index is 0.00859. The summed E-state index contributed by atoms with van der Waals surface area (Å²) in [5, 5.41) is 5.02. The first-order valence-corrected chi connectivity index (χ1v) is 7.51. The zero-order valence-corrected chi connectivity index (χ0v) is 12.0. The smallest absolute Gasteiger partial charge is 0.238 e. The highest BCUT2D eigenvalue weighted by Crippen LogP contribution is 2.23. The predicted molar refractivity (Wildman–Crippen MR) is 82.8 cm³/mol. The Morgan fingerprint density at radius 3 is 3.15 bits per heavy atom. The topological polar surface area (TPSA) is 58.4 Å². The molecule has 1 aromatic carbocycles. The van der Waals surface area contributed by atoms with Gasteiger partial charge in [0.25, 0.3) is 0 Å². The Kier molecular flexibility index (Phi) is 3.71. The number of carbonyl (C=O) groups excluding carboxylic acids is 1. The van der Waals surface area contributed by atoms with Crippen LogP contribution in [0.5, 0.6) is 0 Å². The summed E-state index contributed by atoms with van der Waals surface area (Å²) >= 11 is 1.81. The average Bonchev–Trinajstić information content (AvgIpc) is 2.86. The van der Waals surface area contributed by atoms with Crippen LogP contribution in [-0.2, 0) is 17.8 Å². The third-order valence-corrected chi connectivity index (χ3v) is 4.45. The number of fused-ring (bicyclic) bond motifs is 1. The van der Waals surface area contributed by atoms with Crippen LogP contribution in [0.1, 0.15) is 10.4 Å². The molecule has 0 aliphatic carbocycles. The van der Waals surface area contributed by atoms with Crippen LogP contribution in [0.25, 0.3) is 0 Å². The molecule has 5 heteroatoms. The van der Waals surface area contributed by atoms with Gasteiger partial charge in [0.1, 0.15) is 0 Å². The minimum atomic E-state index is 0.00859. The van der Waals surface area contributed by atoms with E-state index in [0.29, 0.717) is 12.2 Å². The highest BCUT2D eigenvalue weighted by Gasteiger charge is 2.19. The van der Waals surface area contributed by atoms with E-state index in [4.69, 9.17) is 5.73 Å². The molecule has 0 atom stereocenters. The van der Waals surface area contributed by atoms with Crippen LogP contribution in [0.4, 0.5) is 11.4 Å². The Hall–Kier alpha value is -1.85. The molecule has 1 amide bonds. The maximum absolute atomic E-state index is 12.1. The summed E-state index contributed by atoms with van der Waals surface area (Å²) in [6, 6.07) is 9.41. The number of thiophene rings is 1. The summed E-state index contributed by atoms with van der Waals surface area (Å²) in [5.74, 6) is 0.00859. The molecule has 1 aliphatic rings. The van der Waals surface area contributed by atoms with Crippen molar-refractivity contribution in [2.45, 2.75) is 13.0 Å². The average molecular weight is 287 g/mol. The first-order valence-electron chi connectivity index (χ1n) is 6.64. The summed E-state index contributed by atoms with van der Waals surface area (Å²) in [6.07, 6.45) is 1.04. The molecule has 2 aromatic rings. The van der Waals surface area contributed by atoms with Crippen LogP contribution < -0.4 is 11.1 Å². The van der Waals surface area contributed by atoms with Gasteiger partial charge in [-0.2, -0.15) is 0 Å². The molecule has 4 nitrogen and oxygen atoms in total. The van der Waals surface area contributed by atoms with Crippen molar-refractivity contribution in [3.8, 4) is 0 Å². The van der Waals surface area contributed by atoms with Crippen molar-refractivity contribution in [3.63, 3.8) is 0 Å². The molecule has 1 aliphatic heterocycles. The summed E-state index contributed by atoms with van der Waals surface area (Å²) in [7, 11) is 0. The van der Waals surface area contributed by atoms with Crippen LogP contribution >= 0.6 is 11.3 Å². The number of rotatable bonds is 3. The van der Waals surface area contributed by atoms with Gasteiger partial charge in [-0.3, -0.25) is 9.69 Å². The summed E-state index contributed by atoms with van der Waals surface area (Å²) < 4.78 is 0. The molecule has 104 valence electrons. The number of anilines is 2. The molecule has 0 fully saturated rings. The molecule has 0 bridgehead atoms. The lowest BCUT2D eigenvalue weighted by molar-refractivity contribution is -0.117. The summed E-state index contributed by atoms with van der Waals surface area (Å²) in [5.41, 5.74) is 8.47. The number of hydrogen-bond acceptors (Lipinski definition) is 4. The number of nitrogens with two attached hydrogens (primary N) is 1. The molecular formula is C15H17N3OS. The lowest BCUT2D eigenvalue weighted by atomic mass is 10.1. The normalized spacial score (nSPS) is 14.8. The molecule has 0 radical (unpaired) electrons. The van der Waals surface area contributed by atoms with E-state index >= 15 is 0 Å². The predicted octanol–water partition coefficient (Wildman–Crippen LogP) is 2.33. The molecule has 0 spiro atoms. The maximum atomic E-state index is 12.1. The number of nitrogens with one attached hydrogen (secondary N) is 1. The van der Waals surface area contributed by atoms with Gasteiger partial charge in [-0.1, -0.05) is 6.07 Å². The van der Waals surface area contributed by atoms with E-state index in [0.717, 1.165) is 25.2 Å². The van der Waals surface area contributed by atoms with E-state index in [-0.39, 0.29) is 5.91 Å². The summed E-state index contributed by atoms with van der Waals surface area (Å²) in [6.45, 7) is 2.23. The van der Waals surface area contributed by atoms with Gasteiger partial charge in [-0.15, -0.1) is 11.3 Å². The number of benzene rings is 1. The Bertz CT molecular complexity index is 623. The van der Waals surface area contributed by atoms with E-state index in [1.165, 1.54) is 10.4 Å². The van der Waals surface area contributed by atoms with E-state index in [1.807, 2.05) is 23.5 Å². The second-order valence-electron chi connectivity index (χ2n) is 5.00. The Morgan fingerprint density at radius 1 is 1.40 bits per heavy atom.